The number of benzene rings is 1. The first kappa shape index (κ1) is 13.8. The van der Waals surface area contributed by atoms with Gasteiger partial charge in [-0.2, -0.15) is 0 Å². The Kier molecular flexibility index (Phi) is 3.63. The largest absolute Gasteiger partial charge is 0.486 e. The highest BCUT2D eigenvalue weighted by Crippen LogP contribution is 2.37. The van der Waals surface area contributed by atoms with Crippen LogP contribution in [0.3, 0.4) is 0 Å². The summed E-state index contributed by atoms with van der Waals surface area (Å²) >= 11 is 0. The fourth-order valence-electron chi connectivity index (χ4n) is 3.39. The molecule has 0 atom stereocenters. The van der Waals surface area contributed by atoms with Crippen molar-refractivity contribution >= 4 is 11.0 Å². The predicted molar refractivity (Wildman–Crippen MR) is 82.6 cm³/mol. The van der Waals surface area contributed by atoms with Crippen LogP contribution in [0.4, 0.5) is 0 Å². The van der Waals surface area contributed by atoms with Crippen molar-refractivity contribution in [3.05, 3.63) is 18.0 Å². The van der Waals surface area contributed by atoms with Gasteiger partial charge in [-0.1, -0.05) is 0 Å². The van der Waals surface area contributed by atoms with E-state index < -0.39 is 0 Å². The van der Waals surface area contributed by atoms with Gasteiger partial charge in [-0.15, -0.1) is 0 Å². The van der Waals surface area contributed by atoms with Crippen LogP contribution < -0.4 is 14.8 Å². The zero-order chi connectivity index (χ0) is 14.9. The minimum Gasteiger partial charge on any atom is -0.486 e. The van der Waals surface area contributed by atoms with Crippen molar-refractivity contribution < 1.29 is 14.2 Å². The van der Waals surface area contributed by atoms with Crippen molar-refractivity contribution in [2.24, 2.45) is 0 Å². The fraction of sp³-hybridized carbons (Fsp3) is 0.562. The average molecular weight is 303 g/mol. The SMILES string of the molecule is COCc1nc2cc3c(cc2n1C1CCNCC1)OCCO3. The molecule has 1 saturated heterocycles. The van der Waals surface area contributed by atoms with Gasteiger partial charge in [0.25, 0.3) is 0 Å². The van der Waals surface area contributed by atoms with E-state index >= 15 is 0 Å². The molecule has 0 aliphatic carbocycles. The maximum absolute atomic E-state index is 5.73. The van der Waals surface area contributed by atoms with Gasteiger partial charge in [-0.25, -0.2) is 4.98 Å². The van der Waals surface area contributed by atoms with E-state index in [2.05, 4.69) is 16.0 Å². The summed E-state index contributed by atoms with van der Waals surface area (Å²) in [5.41, 5.74) is 2.07. The number of hydrogen-bond acceptors (Lipinski definition) is 5. The second-order valence-corrected chi connectivity index (χ2v) is 5.80. The van der Waals surface area contributed by atoms with Crippen LogP contribution in [0.1, 0.15) is 24.7 Å². The average Bonchev–Trinajstić information content (AvgIpc) is 2.90. The highest BCUT2D eigenvalue weighted by atomic mass is 16.6. The molecule has 0 spiro atoms. The van der Waals surface area contributed by atoms with E-state index in [1.807, 2.05) is 6.07 Å². The summed E-state index contributed by atoms with van der Waals surface area (Å²) in [6, 6.07) is 4.51. The number of aromatic nitrogens is 2. The smallest absolute Gasteiger partial charge is 0.163 e. The van der Waals surface area contributed by atoms with Crippen LogP contribution in [0.2, 0.25) is 0 Å². The number of methoxy groups -OCH3 is 1. The number of ether oxygens (including phenoxy) is 3. The molecule has 0 radical (unpaired) electrons. The lowest BCUT2D eigenvalue weighted by molar-refractivity contribution is 0.170. The lowest BCUT2D eigenvalue weighted by Gasteiger charge is -2.26. The summed E-state index contributed by atoms with van der Waals surface area (Å²) in [5, 5.41) is 3.42. The Balaban J connectivity index is 1.84. The quantitative estimate of drug-likeness (QED) is 0.938. The van der Waals surface area contributed by atoms with Crippen LogP contribution in [0, 0.1) is 0 Å². The maximum atomic E-state index is 5.73. The summed E-state index contributed by atoms with van der Waals surface area (Å²) in [6.07, 6.45) is 2.22. The molecule has 0 amide bonds. The molecule has 1 aromatic heterocycles. The Bertz CT molecular complexity index is 677. The Morgan fingerprint density at radius 2 is 1.95 bits per heavy atom. The van der Waals surface area contributed by atoms with Crippen LogP contribution in [0.15, 0.2) is 12.1 Å². The third-order valence-electron chi connectivity index (χ3n) is 4.37. The summed E-state index contributed by atoms with van der Waals surface area (Å²) in [4.78, 5) is 4.77. The molecule has 0 bridgehead atoms. The summed E-state index contributed by atoms with van der Waals surface area (Å²) in [6.45, 7) is 3.80. The minimum atomic E-state index is 0.457. The molecule has 1 aromatic carbocycles. The molecule has 2 aliphatic heterocycles. The Morgan fingerprint density at radius 3 is 2.68 bits per heavy atom. The third-order valence-corrected chi connectivity index (χ3v) is 4.37. The maximum Gasteiger partial charge on any atom is 0.163 e. The van der Waals surface area contributed by atoms with Gasteiger partial charge >= 0.3 is 0 Å². The molecular formula is C16H21N3O3. The lowest BCUT2D eigenvalue weighted by atomic mass is 10.1. The number of rotatable bonds is 3. The van der Waals surface area contributed by atoms with Crippen molar-refractivity contribution in [3.8, 4) is 11.5 Å². The topological polar surface area (TPSA) is 57.5 Å². The highest BCUT2D eigenvalue weighted by molar-refractivity contribution is 5.81. The molecule has 6 nitrogen and oxygen atoms in total. The molecule has 1 fully saturated rings. The monoisotopic (exact) mass is 303 g/mol. The lowest BCUT2D eigenvalue weighted by Crippen LogP contribution is -2.30. The number of nitrogens with one attached hydrogen (secondary N) is 1. The molecule has 2 aromatic rings. The van der Waals surface area contributed by atoms with Gasteiger partial charge in [0.15, 0.2) is 11.5 Å². The van der Waals surface area contributed by atoms with Gasteiger partial charge in [0.1, 0.15) is 25.6 Å². The zero-order valence-electron chi connectivity index (χ0n) is 12.8. The van der Waals surface area contributed by atoms with Crippen LogP contribution in [0.25, 0.3) is 11.0 Å². The minimum absolute atomic E-state index is 0.457. The van der Waals surface area contributed by atoms with E-state index in [-0.39, 0.29) is 0 Å². The summed E-state index contributed by atoms with van der Waals surface area (Å²) < 4.78 is 19.1. The van der Waals surface area contributed by atoms with E-state index in [0.717, 1.165) is 54.3 Å². The number of hydrogen-bond donors (Lipinski definition) is 1. The first-order valence-corrected chi connectivity index (χ1v) is 7.87. The molecule has 118 valence electrons. The molecule has 0 saturated carbocycles. The first-order chi connectivity index (χ1) is 10.9. The fourth-order valence-corrected chi connectivity index (χ4v) is 3.39. The highest BCUT2D eigenvalue weighted by Gasteiger charge is 2.23. The van der Waals surface area contributed by atoms with Gasteiger partial charge in [0.05, 0.1) is 11.0 Å². The molecule has 22 heavy (non-hydrogen) atoms. The van der Waals surface area contributed by atoms with Gasteiger partial charge < -0.3 is 24.1 Å². The van der Waals surface area contributed by atoms with Crippen molar-refractivity contribution in [2.75, 3.05) is 33.4 Å². The van der Waals surface area contributed by atoms with E-state index in [4.69, 9.17) is 19.2 Å². The second-order valence-electron chi connectivity index (χ2n) is 5.80. The normalized spacial score (nSPS) is 18.8. The molecule has 2 aliphatic rings. The van der Waals surface area contributed by atoms with Crippen LogP contribution in [0.5, 0.6) is 11.5 Å². The van der Waals surface area contributed by atoms with Crippen molar-refractivity contribution in [3.63, 3.8) is 0 Å². The first-order valence-electron chi connectivity index (χ1n) is 7.87. The number of piperidine rings is 1. The number of imidazole rings is 1. The molecular weight excluding hydrogens is 282 g/mol. The standard InChI is InChI=1S/C16H21N3O3/c1-20-10-16-18-12-8-14-15(22-7-6-21-14)9-13(12)19(16)11-2-4-17-5-3-11/h8-9,11,17H,2-7,10H2,1H3. The Morgan fingerprint density at radius 1 is 1.23 bits per heavy atom. The number of fused-ring (bicyclic) bond motifs is 2. The van der Waals surface area contributed by atoms with E-state index in [1.54, 1.807) is 7.11 Å². The van der Waals surface area contributed by atoms with Crippen molar-refractivity contribution in [1.82, 2.24) is 14.9 Å². The van der Waals surface area contributed by atoms with Gasteiger partial charge in [-0.3, -0.25) is 0 Å². The van der Waals surface area contributed by atoms with Gasteiger partial charge in [-0.05, 0) is 25.9 Å². The molecule has 4 rings (SSSR count). The van der Waals surface area contributed by atoms with E-state index in [0.29, 0.717) is 25.9 Å². The molecule has 1 N–H and O–H groups in total. The second kappa shape index (κ2) is 5.78. The van der Waals surface area contributed by atoms with Crippen LogP contribution >= 0.6 is 0 Å². The zero-order valence-corrected chi connectivity index (χ0v) is 12.8. The number of nitrogens with zero attached hydrogens (tertiary/aromatic N) is 2. The molecule has 3 heterocycles. The van der Waals surface area contributed by atoms with Crippen LogP contribution in [-0.2, 0) is 11.3 Å². The van der Waals surface area contributed by atoms with Crippen LogP contribution in [-0.4, -0.2) is 43.0 Å². The summed E-state index contributed by atoms with van der Waals surface area (Å²) in [7, 11) is 1.71. The van der Waals surface area contributed by atoms with E-state index in [1.165, 1.54) is 0 Å². The Labute approximate surface area is 129 Å². The van der Waals surface area contributed by atoms with E-state index in [9.17, 15) is 0 Å². The van der Waals surface area contributed by atoms with Gasteiger partial charge in [0, 0.05) is 25.3 Å². The Hall–Kier alpha value is -1.79. The van der Waals surface area contributed by atoms with Gasteiger partial charge in [0.2, 0.25) is 0 Å². The predicted octanol–water partition coefficient (Wildman–Crippen LogP) is 1.88. The summed E-state index contributed by atoms with van der Waals surface area (Å²) in [5.74, 6) is 2.59. The van der Waals surface area contributed by atoms with Crippen molar-refractivity contribution in [2.45, 2.75) is 25.5 Å². The molecule has 6 heteroatoms. The molecule has 0 unspecified atom stereocenters. The third kappa shape index (κ3) is 2.32. The van der Waals surface area contributed by atoms with Crippen molar-refractivity contribution in [1.29, 1.82) is 0 Å².